The molecule has 0 spiro atoms. The lowest BCUT2D eigenvalue weighted by molar-refractivity contribution is -0.114. The summed E-state index contributed by atoms with van der Waals surface area (Å²) in [4.78, 5) is 28.2. The summed E-state index contributed by atoms with van der Waals surface area (Å²) < 4.78 is 6.49. The summed E-state index contributed by atoms with van der Waals surface area (Å²) in [5.41, 5.74) is 2.14. The van der Waals surface area contributed by atoms with Gasteiger partial charge in [0.2, 0.25) is 5.91 Å². The zero-order valence-electron chi connectivity index (χ0n) is 15.6. The monoisotopic (exact) mass is 346 g/mol. The van der Waals surface area contributed by atoms with Crippen molar-refractivity contribution in [2.24, 2.45) is 13.0 Å². The van der Waals surface area contributed by atoms with Crippen molar-refractivity contribution in [3.05, 3.63) is 18.0 Å². The summed E-state index contributed by atoms with van der Waals surface area (Å²) >= 11 is 0. The Kier molecular flexibility index (Phi) is 5.66. The molecule has 0 fully saturated rings. The predicted molar refractivity (Wildman–Crippen MR) is 98.9 cm³/mol. The number of carbonyl (C=O) groups is 2. The molecule has 1 amide bonds. The summed E-state index contributed by atoms with van der Waals surface area (Å²) in [5, 5.41) is 6.85. The van der Waals surface area contributed by atoms with Crippen molar-refractivity contribution in [2.75, 3.05) is 17.7 Å². The molecule has 0 aromatic carbocycles. The molecule has 7 nitrogen and oxygen atoms in total. The van der Waals surface area contributed by atoms with Crippen molar-refractivity contribution in [3.8, 4) is 0 Å². The fourth-order valence-corrected chi connectivity index (χ4v) is 3.08. The van der Waals surface area contributed by atoms with Crippen LogP contribution >= 0.6 is 0 Å². The molecule has 1 atom stereocenters. The van der Waals surface area contributed by atoms with Gasteiger partial charge in [0.25, 0.3) is 0 Å². The van der Waals surface area contributed by atoms with Gasteiger partial charge in [0, 0.05) is 25.4 Å². The van der Waals surface area contributed by atoms with Gasteiger partial charge in [-0.25, -0.2) is 9.78 Å². The predicted octanol–water partition coefficient (Wildman–Crippen LogP) is 3.16. The highest BCUT2D eigenvalue weighted by atomic mass is 16.5. The van der Waals surface area contributed by atoms with Crippen LogP contribution in [0.25, 0.3) is 11.0 Å². The number of aryl methyl sites for hydroxylation is 1. The first-order valence-electron chi connectivity index (χ1n) is 8.35. The highest BCUT2D eigenvalue weighted by Crippen LogP contribution is 2.32. The van der Waals surface area contributed by atoms with E-state index in [1.807, 2.05) is 6.07 Å². The van der Waals surface area contributed by atoms with E-state index in [0.717, 1.165) is 12.1 Å². The lowest BCUT2D eigenvalue weighted by atomic mass is 10.1. The average Bonchev–Trinajstić information content (AvgIpc) is 2.77. The molecule has 0 bridgehead atoms. The summed E-state index contributed by atoms with van der Waals surface area (Å²) in [6.45, 7) is 7.87. The molecule has 2 aromatic heterocycles. The molecule has 0 aliphatic carbocycles. The van der Waals surface area contributed by atoms with Gasteiger partial charge in [-0.1, -0.05) is 13.8 Å². The van der Waals surface area contributed by atoms with E-state index in [-0.39, 0.29) is 17.6 Å². The molecule has 1 unspecified atom stereocenters. The second-order valence-electron chi connectivity index (χ2n) is 6.73. The zero-order chi connectivity index (χ0) is 18.7. The van der Waals surface area contributed by atoms with Crippen molar-refractivity contribution in [2.45, 2.75) is 40.2 Å². The summed E-state index contributed by atoms with van der Waals surface area (Å²) in [6, 6.07) is 2.18. The third-order valence-corrected chi connectivity index (χ3v) is 3.94. The lowest BCUT2D eigenvalue weighted by Crippen LogP contribution is -2.17. The standard InChI is InChI=1S/C18H26N4O3/c1-10(2)7-11(3)20-13-8-14-15(21-12(4)23)16(18(24)25-6)22(5)17(14)19-9-13/h8-11,20H,7H2,1-6H3,(H,21,23). The van der Waals surface area contributed by atoms with Crippen LogP contribution < -0.4 is 10.6 Å². The van der Waals surface area contributed by atoms with Crippen molar-refractivity contribution >= 4 is 34.3 Å². The third-order valence-electron chi connectivity index (χ3n) is 3.94. The first-order chi connectivity index (χ1) is 11.7. The molecule has 25 heavy (non-hydrogen) atoms. The second-order valence-corrected chi connectivity index (χ2v) is 6.73. The Balaban J connectivity index is 2.52. The molecule has 0 radical (unpaired) electrons. The van der Waals surface area contributed by atoms with Crippen LogP contribution in [0.1, 0.15) is 44.6 Å². The number of esters is 1. The Morgan fingerprint density at radius 2 is 2.00 bits per heavy atom. The topological polar surface area (TPSA) is 85.2 Å². The van der Waals surface area contributed by atoms with E-state index in [0.29, 0.717) is 22.6 Å². The lowest BCUT2D eigenvalue weighted by Gasteiger charge is -2.17. The summed E-state index contributed by atoms with van der Waals surface area (Å²) in [7, 11) is 3.03. The van der Waals surface area contributed by atoms with E-state index < -0.39 is 5.97 Å². The van der Waals surface area contributed by atoms with Crippen LogP contribution in [0, 0.1) is 5.92 Å². The number of amides is 1. The number of hydrogen-bond donors (Lipinski definition) is 2. The minimum Gasteiger partial charge on any atom is -0.464 e. The molecule has 7 heteroatoms. The van der Waals surface area contributed by atoms with Crippen LogP contribution in [0.15, 0.2) is 12.3 Å². The first-order valence-corrected chi connectivity index (χ1v) is 8.35. The van der Waals surface area contributed by atoms with Gasteiger partial charge in [-0.05, 0) is 25.3 Å². The van der Waals surface area contributed by atoms with E-state index >= 15 is 0 Å². The number of hydrogen-bond acceptors (Lipinski definition) is 5. The van der Waals surface area contributed by atoms with E-state index in [1.165, 1.54) is 14.0 Å². The van der Waals surface area contributed by atoms with Crippen LogP contribution in [0.5, 0.6) is 0 Å². The molecule has 0 saturated heterocycles. The number of anilines is 2. The van der Waals surface area contributed by atoms with Gasteiger partial charge in [0.05, 0.1) is 24.7 Å². The summed E-state index contributed by atoms with van der Waals surface area (Å²) in [6.07, 6.45) is 2.76. The Hall–Kier alpha value is -2.57. The van der Waals surface area contributed by atoms with Crippen LogP contribution in [0.2, 0.25) is 0 Å². The molecular formula is C18H26N4O3. The van der Waals surface area contributed by atoms with Crippen LogP contribution in [0.3, 0.4) is 0 Å². The van der Waals surface area contributed by atoms with Gasteiger partial charge < -0.3 is 19.9 Å². The highest BCUT2D eigenvalue weighted by Gasteiger charge is 2.23. The van der Waals surface area contributed by atoms with Crippen LogP contribution in [0.4, 0.5) is 11.4 Å². The molecule has 2 aromatic rings. The van der Waals surface area contributed by atoms with Gasteiger partial charge in [-0.2, -0.15) is 0 Å². The maximum absolute atomic E-state index is 12.2. The Morgan fingerprint density at radius 1 is 1.32 bits per heavy atom. The van der Waals surface area contributed by atoms with E-state index in [1.54, 1.807) is 17.8 Å². The quantitative estimate of drug-likeness (QED) is 0.785. The number of methoxy groups -OCH3 is 1. The number of aromatic nitrogens is 2. The van der Waals surface area contributed by atoms with Crippen molar-refractivity contribution in [3.63, 3.8) is 0 Å². The largest absolute Gasteiger partial charge is 0.464 e. The van der Waals surface area contributed by atoms with E-state index in [4.69, 9.17) is 4.74 Å². The third kappa shape index (κ3) is 4.10. The minimum absolute atomic E-state index is 0.260. The maximum atomic E-state index is 12.2. The van der Waals surface area contributed by atoms with E-state index in [9.17, 15) is 9.59 Å². The number of fused-ring (bicyclic) bond motifs is 1. The SMILES string of the molecule is COC(=O)c1c(NC(C)=O)c2cc(NC(C)CC(C)C)cnc2n1C. The summed E-state index contributed by atoms with van der Waals surface area (Å²) in [5.74, 6) is -0.201. The number of pyridine rings is 1. The minimum atomic E-state index is -0.521. The number of ether oxygens (including phenoxy) is 1. The number of rotatable bonds is 6. The number of carbonyl (C=O) groups excluding carboxylic acids is 2. The Labute approximate surface area is 147 Å². The molecule has 0 aliphatic rings. The maximum Gasteiger partial charge on any atom is 0.356 e. The fraction of sp³-hybridized carbons (Fsp3) is 0.500. The first kappa shape index (κ1) is 18.8. The van der Waals surface area contributed by atoms with Gasteiger partial charge in [-0.15, -0.1) is 0 Å². The molecule has 0 aliphatic heterocycles. The molecule has 136 valence electrons. The molecule has 2 heterocycles. The normalized spacial score (nSPS) is 12.3. The number of nitrogens with zero attached hydrogens (tertiary/aromatic N) is 2. The fourth-order valence-electron chi connectivity index (χ4n) is 3.08. The smallest absolute Gasteiger partial charge is 0.356 e. The van der Waals surface area contributed by atoms with Gasteiger partial charge in [-0.3, -0.25) is 4.79 Å². The van der Waals surface area contributed by atoms with Crippen LogP contribution in [-0.2, 0) is 16.6 Å². The molecular weight excluding hydrogens is 320 g/mol. The zero-order valence-corrected chi connectivity index (χ0v) is 15.6. The molecule has 2 rings (SSSR count). The highest BCUT2D eigenvalue weighted by molar-refractivity contribution is 6.10. The average molecular weight is 346 g/mol. The van der Waals surface area contributed by atoms with Crippen molar-refractivity contribution < 1.29 is 14.3 Å². The van der Waals surface area contributed by atoms with Crippen molar-refractivity contribution in [1.29, 1.82) is 0 Å². The van der Waals surface area contributed by atoms with E-state index in [2.05, 4.69) is 36.4 Å². The number of nitrogens with one attached hydrogen (secondary N) is 2. The molecule has 2 N–H and O–H groups in total. The Bertz CT molecular complexity index is 795. The van der Waals surface area contributed by atoms with Crippen LogP contribution in [-0.4, -0.2) is 34.6 Å². The Morgan fingerprint density at radius 3 is 2.56 bits per heavy atom. The van der Waals surface area contributed by atoms with Gasteiger partial charge >= 0.3 is 5.97 Å². The van der Waals surface area contributed by atoms with Gasteiger partial charge in [0.1, 0.15) is 5.65 Å². The molecule has 0 saturated carbocycles. The second kappa shape index (κ2) is 7.55. The van der Waals surface area contributed by atoms with Gasteiger partial charge in [0.15, 0.2) is 5.69 Å². The van der Waals surface area contributed by atoms with Crippen molar-refractivity contribution in [1.82, 2.24) is 9.55 Å².